The zero-order chi connectivity index (χ0) is 18.4. The molecule has 0 atom stereocenters. The Morgan fingerprint density at radius 2 is 2.00 bits per heavy atom. The van der Waals surface area contributed by atoms with Crippen LogP contribution in [-0.4, -0.2) is 36.0 Å². The van der Waals surface area contributed by atoms with Crippen molar-refractivity contribution in [2.24, 2.45) is 5.14 Å². The third kappa shape index (κ3) is 6.02. The number of anilines is 1. The number of nitrogens with two attached hydrogens (primary N) is 1. The van der Waals surface area contributed by atoms with Crippen molar-refractivity contribution in [2.75, 3.05) is 11.9 Å². The fourth-order valence-corrected chi connectivity index (χ4v) is 3.48. The van der Waals surface area contributed by atoms with Gasteiger partial charge in [0.25, 0.3) is 15.7 Å². The minimum Gasteiger partial charge on any atom is -0.300 e. The number of hydrogen-bond donors (Lipinski definition) is 3. The van der Waals surface area contributed by atoms with Crippen LogP contribution < -0.4 is 15.2 Å². The van der Waals surface area contributed by atoms with E-state index in [0.29, 0.717) is 17.9 Å². The molecule has 0 radical (unpaired) electrons. The molecule has 0 fully saturated rings. The van der Waals surface area contributed by atoms with Crippen LogP contribution in [0.25, 0.3) is 0 Å². The van der Waals surface area contributed by atoms with Gasteiger partial charge >= 0.3 is 0 Å². The summed E-state index contributed by atoms with van der Waals surface area (Å²) in [7, 11) is -3.94. The van der Waals surface area contributed by atoms with Gasteiger partial charge in [0.05, 0.1) is 4.92 Å². The third-order valence-corrected chi connectivity index (χ3v) is 5.59. The maximum absolute atomic E-state index is 11.7. The van der Waals surface area contributed by atoms with Gasteiger partial charge in [-0.25, -0.2) is 13.6 Å². The molecule has 2 rings (SSSR count). The van der Waals surface area contributed by atoms with E-state index in [9.17, 15) is 23.3 Å². The van der Waals surface area contributed by atoms with Crippen LogP contribution in [0.15, 0.2) is 33.5 Å². The van der Waals surface area contributed by atoms with Gasteiger partial charge in [0.1, 0.15) is 0 Å². The zero-order valence-corrected chi connectivity index (χ0v) is 14.9. The van der Waals surface area contributed by atoms with Crippen molar-refractivity contribution in [3.63, 3.8) is 0 Å². The normalized spacial score (nSPS) is 11.2. The average Bonchev–Trinajstić information content (AvgIpc) is 3.00. The van der Waals surface area contributed by atoms with Gasteiger partial charge in [-0.1, -0.05) is 11.3 Å². The Morgan fingerprint density at radius 1 is 1.32 bits per heavy atom. The average molecular weight is 404 g/mol. The predicted molar refractivity (Wildman–Crippen MR) is 91.5 cm³/mol. The van der Waals surface area contributed by atoms with E-state index in [-0.39, 0.29) is 27.5 Å². The van der Waals surface area contributed by atoms with E-state index in [2.05, 4.69) is 20.2 Å². The largest absolute Gasteiger partial charge is 0.300 e. The number of carbonyl (C=O) groups is 1. The summed E-state index contributed by atoms with van der Waals surface area (Å²) in [5, 5.41) is 24.8. The molecule has 11 nitrogen and oxygen atoms in total. The number of nitrogens with zero attached hydrogens (tertiary/aromatic N) is 3. The van der Waals surface area contributed by atoms with Gasteiger partial charge in [-0.3, -0.25) is 19.6 Å². The number of benzene rings is 1. The molecule has 2 aromatic rings. The van der Waals surface area contributed by atoms with Gasteiger partial charge in [0, 0.05) is 30.0 Å². The minimum atomic E-state index is -3.94. The molecule has 0 spiro atoms. The minimum absolute atomic E-state index is 0.000326. The topological polar surface area (TPSA) is 170 Å². The Morgan fingerprint density at radius 3 is 2.56 bits per heavy atom. The lowest BCUT2D eigenvalue weighted by atomic mass is 10.3. The molecule has 0 saturated heterocycles. The molecule has 0 aliphatic carbocycles. The first-order valence-corrected chi connectivity index (χ1v) is 9.74. The number of carbonyl (C=O) groups excluding carboxylic acids is 1. The van der Waals surface area contributed by atoms with Crippen molar-refractivity contribution in [3.05, 3.63) is 34.4 Å². The summed E-state index contributed by atoms with van der Waals surface area (Å²) in [6.07, 6.45) is 0.101. The number of hydrogen-bond acceptors (Lipinski definition) is 10. The fraction of sp³-hybridized carbons (Fsp3) is 0.182. The van der Waals surface area contributed by atoms with Crippen molar-refractivity contribution < 1.29 is 18.1 Å². The second kappa shape index (κ2) is 8.30. The fourth-order valence-electron chi connectivity index (χ4n) is 1.49. The second-order valence-electron chi connectivity index (χ2n) is 4.46. The lowest BCUT2D eigenvalue weighted by Crippen LogP contribution is -2.17. The van der Waals surface area contributed by atoms with Crippen molar-refractivity contribution in [1.82, 2.24) is 14.9 Å². The van der Waals surface area contributed by atoms with E-state index in [1.807, 2.05) is 0 Å². The summed E-state index contributed by atoms with van der Waals surface area (Å²) in [6.45, 7) is 0.314. The molecule has 1 heterocycles. The smallest absolute Gasteiger partial charge is 0.269 e. The van der Waals surface area contributed by atoms with E-state index >= 15 is 0 Å². The number of primary sulfonamides is 1. The zero-order valence-electron chi connectivity index (χ0n) is 12.4. The lowest BCUT2D eigenvalue weighted by Gasteiger charge is -2.04. The van der Waals surface area contributed by atoms with Crippen molar-refractivity contribution in [2.45, 2.75) is 15.7 Å². The molecule has 0 aliphatic rings. The molecule has 1 aromatic carbocycles. The molecule has 134 valence electrons. The molecule has 1 amide bonds. The highest BCUT2D eigenvalue weighted by atomic mass is 32.2. The highest BCUT2D eigenvalue weighted by Crippen LogP contribution is 2.20. The maximum atomic E-state index is 11.7. The quantitative estimate of drug-likeness (QED) is 0.188. The molecular weight excluding hydrogens is 392 g/mol. The Labute approximate surface area is 150 Å². The standard InChI is InChI=1S/C11H12N6O5S3/c12-25(21,22)11-16-15-10(23-11)14-9(18)5-6-13-24-8-3-1-7(2-4-8)17(19)20/h1-4,13H,5-6H2,(H2,12,21,22)(H,14,15,18). The SMILES string of the molecule is NS(=O)(=O)c1nnc(NC(=O)CCNSc2ccc([N+](=O)[O-])cc2)s1. The predicted octanol–water partition coefficient (Wildman–Crippen LogP) is 0.719. The van der Waals surface area contributed by atoms with Crippen LogP contribution in [-0.2, 0) is 14.8 Å². The molecule has 14 heteroatoms. The van der Waals surface area contributed by atoms with Crippen LogP contribution in [0, 0.1) is 10.1 Å². The van der Waals surface area contributed by atoms with E-state index in [0.717, 1.165) is 4.90 Å². The number of nitrogens with one attached hydrogen (secondary N) is 2. The highest BCUT2D eigenvalue weighted by Gasteiger charge is 2.16. The van der Waals surface area contributed by atoms with Crippen LogP contribution in [0.3, 0.4) is 0 Å². The van der Waals surface area contributed by atoms with Crippen LogP contribution in [0.4, 0.5) is 10.8 Å². The molecule has 0 saturated carbocycles. The van der Waals surface area contributed by atoms with Crippen LogP contribution in [0.1, 0.15) is 6.42 Å². The third-order valence-electron chi connectivity index (χ3n) is 2.59. The van der Waals surface area contributed by atoms with Gasteiger partial charge in [-0.05, 0) is 24.1 Å². The monoisotopic (exact) mass is 404 g/mol. The number of non-ortho nitro benzene ring substituents is 1. The first-order valence-electron chi connectivity index (χ1n) is 6.56. The Balaban J connectivity index is 1.73. The number of aromatic nitrogens is 2. The van der Waals surface area contributed by atoms with Gasteiger partial charge in [0.15, 0.2) is 0 Å². The van der Waals surface area contributed by atoms with Crippen molar-refractivity contribution >= 4 is 50.0 Å². The van der Waals surface area contributed by atoms with E-state index in [4.69, 9.17) is 5.14 Å². The first kappa shape index (κ1) is 19.2. The molecule has 1 aromatic heterocycles. The van der Waals surface area contributed by atoms with Crippen LogP contribution in [0.5, 0.6) is 0 Å². The Kier molecular flexibility index (Phi) is 6.38. The molecule has 25 heavy (non-hydrogen) atoms. The highest BCUT2D eigenvalue weighted by molar-refractivity contribution is 7.97. The van der Waals surface area contributed by atoms with E-state index in [1.54, 1.807) is 12.1 Å². The van der Waals surface area contributed by atoms with Gasteiger partial charge < -0.3 is 5.32 Å². The van der Waals surface area contributed by atoms with Crippen LogP contribution in [0.2, 0.25) is 0 Å². The molecule has 4 N–H and O–H groups in total. The summed E-state index contributed by atoms with van der Waals surface area (Å²) in [5.74, 6) is -0.381. The van der Waals surface area contributed by atoms with Crippen molar-refractivity contribution in [1.29, 1.82) is 0 Å². The second-order valence-corrected chi connectivity index (χ2v) is 8.14. The van der Waals surface area contributed by atoms with Gasteiger partial charge in [-0.15, -0.1) is 10.2 Å². The summed E-state index contributed by atoms with van der Waals surface area (Å²) >= 11 is 1.88. The summed E-state index contributed by atoms with van der Waals surface area (Å²) < 4.78 is 24.7. The Bertz CT molecular complexity index is 867. The molecule has 0 bridgehead atoms. The summed E-state index contributed by atoms with van der Waals surface area (Å²) in [6, 6.07) is 5.95. The molecule has 0 unspecified atom stereocenters. The van der Waals surface area contributed by atoms with Gasteiger partial charge in [-0.2, -0.15) is 0 Å². The lowest BCUT2D eigenvalue weighted by molar-refractivity contribution is -0.384. The molecule has 0 aliphatic heterocycles. The molecular formula is C11H12N6O5S3. The number of amides is 1. The first-order chi connectivity index (χ1) is 11.8. The van der Waals surface area contributed by atoms with Gasteiger partial charge in [0.2, 0.25) is 15.4 Å². The summed E-state index contributed by atoms with van der Waals surface area (Å²) in [5.41, 5.74) is -0.000326. The Hall–Kier alpha value is -2.13. The summed E-state index contributed by atoms with van der Waals surface area (Å²) in [4.78, 5) is 22.5. The number of nitro benzene ring substituents is 1. The number of nitro groups is 1. The van der Waals surface area contributed by atoms with Crippen molar-refractivity contribution in [3.8, 4) is 0 Å². The van der Waals surface area contributed by atoms with E-state index < -0.39 is 14.9 Å². The maximum Gasteiger partial charge on any atom is 0.269 e. The van der Waals surface area contributed by atoms with Crippen LogP contribution >= 0.6 is 23.3 Å². The number of sulfonamides is 1. The number of rotatable bonds is 8. The van der Waals surface area contributed by atoms with E-state index in [1.165, 1.54) is 24.1 Å².